The first-order chi connectivity index (χ1) is 26.6. The summed E-state index contributed by atoms with van der Waals surface area (Å²) in [4.78, 5) is 59.6. The number of nitrogens with zero attached hydrogens (tertiary/aromatic N) is 7. The van der Waals surface area contributed by atoms with Crippen LogP contribution in [0.2, 0.25) is 0 Å². The minimum atomic E-state index is -3.61. The number of para-hydroxylation sites is 1. The minimum Gasteiger partial charge on any atom is -0.378 e. The van der Waals surface area contributed by atoms with Crippen LogP contribution in [0, 0.1) is 0 Å². The number of carbonyl (C=O) groups excluding carboxylic acids is 2. The van der Waals surface area contributed by atoms with Gasteiger partial charge in [0, 0.05) is 76.0 Å². The van der Waals surface area contributed by atoms with E-state index in [-0.39, 0.29) is 48.2 Å². The van der Waals surface area contributed by atoms with Crippen LogP contribution in [-0.4, -0.2) is 97.4 Å². The van der Waals surface area contributed by atoms with E-state index in [1.54, 1.807) is 38.6 Å². The SMILES string of the molecule is Cn1c(=O)n(C2CCC(=O)NC2=O)c2cccc(CCCOC3CCN(S(=O)(=O)N4CCC(Nc5ncc6ccc(=O)n(C7CCCC7)c6n5)CC4)CC3)c21. The molecule has 16 nitrogen and oxygen atoms in total. The van der Waals surface area contributed by atoms with E-state index in [9.17, 15) is 27.6 Å². The van der Waals surface area contributed by atoms with E-state index >= 15 is 0 Å². The van der Waals surface area contributed by atoms with Gasteiger partial charge in [-0.2, -0.15) is 22.0 Å². The van der Waals surface area contributed by atoms with Crippen LogP contribution in [-0.2, 0) is 38.0 Å². The van der Waals surface area contributed by atoms with Crippen molar-refractivity contribution in [1.29, 1.82) is 0 Å². The maximum Gasteiger partial charge on any atom is 0.329 e. The molecule has 0 radical (unpaired) electrons. The Bertz CT molecular complexity index is 2320. The Morgan fingerprint density at radius 2 is 1.62 bits per heavy atom. The summed E-state index contributed by atoms with van der Waals surface area (Å²) >= 11 is 0. The Balaban J connectivity index is 0.807. The number of hydrogen-bond acceptors (Lipinski definition) is 10. The summed E-state index contributed by atoms with van der Waals surface area (Å²) in [6, 6.07) is 8.49. The van der Waals surface area contributed by atoms with Crippen molar-refractivity contribution >= 4 is 50.0 Å². The Labute approximate surface area is 319 Å². The van der Waals surface area contributed by atoms with Gasteiger partial charge in [0.1, 0.15) is 11.7 Å². The first-order valence-electron chi connectivity index (χ1n) is 19.6. The Hall–Kier alpha value is -4.45. The molecule has 17 heteroatoms. The Kier molecular flexibility index (Phi) is 10.6. The third-order valence-corrected chi connectivity index (χ3v) is 13.9. The van der Waals surface area contributed by atoms with Crippen LogP contribution in [0.15, 0.2) is 46.1 Å². The number of nitrogens with one attached hydrogen (secondary N) is 2. The molecule has 8 rings (SSSR count). The molecule has 4 fully saturated rings. The smallest absolute Gasteiger partial charge is 0.329 e. The standard InChI is InChI=1S/C38H49N9O7S/c1-43-34-25(6-4-10-30(34)47(38(43)51)31-12-13-32(48)41-36(31)50)7-5-23-54-29-17-21-45(22-18-29)55(52,53)44-19-15-27(16-20-44)40-37-39-24-26-11-14-33(49)46(35(26)42-37)28-8-2-3-9-28/h4,6,10-11,14,24,27-29,31H,2-3,5,7-9,12-13,15-23H2,1H3,(H,39,40,42)(H,41,48,50). The molecular formula is C38H49N9O7S. The van der Waals surface area contributed by atoms with Gasteiger partial charge in [-0.1, -0.05) is 25.0 Å². The number of piperidine rings is 3. The maximum atomic E-state index is 13.6. The third kappa shape index (κ3) is 7.46. The van der Waals surface area contributed by atoms with Crippen LogP contribution < -0.4 is 21.9 Å². The molecule has 1 atom stereocenters. The minimum absolute atomic E-state index is 0.0144. The molecule has 6 heterocycles. The summed E-state index contributed by atoms with van der Waals surface area (Å²) in [7, 11) is -1.91. The molecule has 1 unspecified atom stereocenters. The van der Waals surface area contributed by atoms with Crippen LogP contribution in [0.3, 0.4) is 0 Å². The highest BCUT2D eigenvalue weighted by atomic mass is 32.2. The predicted molar refractivity (Wildman–Crippen MR) is 206 cm³/mol. The fourth-order valence-electron chi connectivity index (χ4n) is 8.89. The molecule has 1 aliphatic carbocycles. The first kappa shape index (κ1) is 37.5. The Morgan fingerprint density at radius 1 is 0.891 bits per heavy atom. The van der Waals surface area contributed by atoms with Gasteiger partial charge < -0.3 is 10.1 Å². The molecule has 1 saturated carbocycles. The predicted octanol–water partition coefficient (Wildman–Crippen LogP) is 2.77. The molecule has 1 aromatic carbocycles. The number of fused-ring (bicyclic) bond motifs is 2. The zero-order valence-electron chi connectivity index (χ0n) is 31.2. The van der Waals surface area contributed by atoms with E-state index in [0.29, 0.717) is 88.4 Å². The number of aromatic nitrogens is 5. The third-order valence-electron chi connectivity index (χ3n) is 11.8. The van der Waals surface area contributed by atoms with Gasteiger partial charge in [-0.05, 0) is 75.5 Å². The first-order valence-corrected chi connectivity index (χ1v) is 21.0. The molecule has 4 aromatic rings. The van der Waals surface area contributed by atoms with Crippen LogP contribution in [0.4, 0.5) is 5.95 Å². The molecule has 0 bridgehead atoms. The lowest BCUT2D eigenvalue weighted by Crippen LogP contribution is -2.51. The van der Waals surface area contributed by atoms with Gasteiger partial charge in [0.25, 0.3) is 15.8 Å². The van der Waals surface area contributed by atoms with E-state index in [2.05, 4.69) is 15.6 Å². The van der Waals surface area contributed by atoms with Gasteiger partial charge in [0.2, 0.25) is 17.8 Å². The maximum absolute atomic E-state index is 13.6. The number of amides is 2. The fraction of sp³-hybridized carbons (Fsp3) is 0.579. The zero-order chi connectivity index (χ0) is 38.3. The number of pyridine rings is 1. The molecule has 3 aliphatic heterocycles. The number of carbonyl (C=O) groups is 2. The highest BCUT2D eigenvalue weighted by Gasteiger charge is 2.36. The molecule has 2 N–H and O–H groups in total. The summed E-state index contributed by atoms with van der Waals surface area (Å²) in [5.41, 5.74) is 2.72. The molecule has 55 heavy (non-hydrogen) atoms. The van der Waals surface area contributed by atoms with Crippen LogP contribution in [0.25, 0.3) is 22.1 Å². The van der Waals surface area contributed by atoms with Crippen molar-refractivity contribution in [2.45, 2.75) is 101 Å². The zero-order valence-corrected chi connectivity index (χ0v) is 32.0. The van der Waals surface area contributed by atoms with E-state index < -0.39 is 22.2 Å². The second-order valence-corrected chi connectivity index (χ2v) is 17.2. The summed E-state index contributed by atoms with van der Waals surface area (Å²) in [5, 5.41) is 6.58. The molecular weight excluding hydrogens is 727 g/mol. The van der Waals surface area contributed by atoms with Gasteiger partial charge in [-0.25, -0.2) is 9.78 Å². The van der Waals surface area contributed by atoms with E-state index in [0.717, 1.165) is 42.1 Å². The monoisotopic (exact) mass is 775 g/mol. The number of ether oxygens (including phenoxy) is 1. The largest absolute Gasteiger partial charge is 0.378 e. The van der Waals surface area contributed by atoms with Crippen LogP contribution in [0.1, 0.15) is 88.3 Å². The van der Waals surface area contributed by atoms with E-state index in [1.165, 1.54) is 4.57 Å². The average Bonchev–Trinajstić information content (AvgIpc) is 3.80. The quantitative estimate of drug-likeness (QED) is 0.170. The van der Waals surface area contributed by atoms with Gasteiger partial charge >= 0.3 is 5.69 Å². The lowest BCUT2D eigenvalue weighted by Gasteiger charge is -2.37. The lowest BCUT2D eigenvalue weighted by atomic mass is 10.0. The average molecular weight is 776 g/mol. The summed E-state index contributed by atoms with van der Waals surface area (Å²) in [6.07, 6.45) is 10.2. The summed E-state index contributed by atoms with van der Waals surface area (Å²) < 4.78 is 41.5. The van der Waals surface area contributed by atoms with Crippen molar-refractivity contribution in [1.82, 2.24) is 37.6 Å². The topological polar surface area (TPSA) is 183 Å². The van der Waals surface area contributed by atoms with Crippen molar-refractivity contribution in [3.05, 3.63) is 62.9 Å². The number of hydrogen-bond donors (Lipinski definition) is 2. The molecule has 2 amide bonds. The molecule has 294 valence electrons. The highest BCUT2D eigenvalue weighted by Crippen LogP contribution is 2.31. The molecule has 3 saturated heterocycles. The second-order valence-electron chi connectivity index (χ2n) is 15.3. The normalized spacial score (nSPS) is 21.5. The molecule has 3 aromatic heterocycles. The summed E-state index contributed by atoms with van der Waals surface area (Å²) in [6.45, 7) is 2.08. The fourth-order valence-corrected chi connectivity index (χ4v) is 10.6. The number of imide groups is 1. The van der Waals surface area contributed by atoms with Crippen molar-refractivity contribution in [3.8, 4) is 0 Å². The second kappa shape index (κ2) is 15.6. The van der Waals surface area contributed by atoms with Gasteiger partial charge in [-0.15, -0.1) is 0 Å². The van der Waals surface area contributed by atoms with E-state index in [4.69, 9.17) is 9.72 Å². The number of imidazole rings is 1. The number of benzene rings is 1. The lowest BCUT2D eigenvalue weighted by molar-refractivity contribution is -0.135. The summed E-state index contributed by atoms with van der Waals surface area (Å²) in [5.74, 6) is -0.322. The van der Waals surface area contributed by atoms with E-state index in [1.807, 2.05) is 22.8 Å². The Morgan fingerprint density at radius 3 is 2.35 bits per heavy atom. The molecule has 0 spiro atoms. The number of aryl methyl sites for hydroxylation is 2. The van der Waals surface area contributed by atoms with Crippen molar-refractivity contribution in [2.24, 2.45) is 7.05 Å². The van der Waals surface area contributed by atoms with Gasteiger partial charge in [0.05, 0.1) is 17.1 Å². The highest BCUT2D eigenvalue weighted by molar-refractivity contribution is 7.86. The van der Waals surface area contributed by atoms with Crippen molar-refractivity contribution < 1.29 is 22.7 Å². The van der Waals surface area contributed by atoms with Crippen LogP contribution in [0.5, 0.6) is 0 Å². The molecule has 4 aliphatic rings. The van der Waals surface area contributed by atoms with Gasteiger partial charge in [-0.3, -0.25) is 33.4 Å². The van der Waals surface area contributed by atoms with Crippen molar-refractivity contribution in [2.75, 3.05) is 38.1 Å². The van der Waals surface area contributed by atoms with Crippen LogP contribution >= 0.6 is 0 Å². The number of rotatable bonds is 11. The van der Waals surface area contributed by atoms with Gasteiger partial charge in [0.15, 0.2) is 0 Å². The van der Waals surface area contributed by atoms with Crippen molar-refractivity contribution in [3.63, 3.8) is 0 Å². The number of anilines is 1.